The molecule has 0 rings (SSSR count). The Balaban J connectivity index is 4.36. The first kappa shape index (κ1) is 42.0. The van der Waals surface area contributed by atoms with E-state index in [2.05, 4.69) is 0 Å². The van der Waals surface area contributed by atoms with E-state index >= 15 is 0 Å². The van der Waals surface area contributed by atoms with Crippen molar-refractivity contribution in [2.75, 3.05) is 53.7 Å². The SMILES string of the molecule is CCOC(=O)S/C(CCOC)=C(/C)N(C=O)CCCCCCCCCCCCN(C=O)/C(C)=C(/CCOC)SC(=O)OCC. The Morgan fingerprint density at radius 2 is 0.909 bits per heavy atom. The number of hydrogen-bond donors (Lipinski definition) is 0. The lowest BCUT2D eigenvalue weighted by molar-refractivity contribution is -0.117. The molecule has 0 atom stereocenters. The molecule has 0 spiro atoms. The molecule has 0 N–H and O–H groups in total. The van der Waals surface area contributed by atoms with Crippen LogP contribution in [0, 0.1) is 0 Å². The lowest BCUT2D eigenvalue weighted by Gasteiger charge is -2.21. The molecule has 44 heavy (non-hydrogen) atoms. The number of nitrogens with zero attached hydrogens (tertiary/aromatic N) is 2. The number of carbonyl (C=O) groups excluding carboxylic acids is 4. The summed E-state index contributed by atoms with van der Waals surface area (Å²) in [7, 11) is 3.22. The van der Waals surface area contributed by atoms with Crippen LogP contribution in [0.4, 0.5) is 9.59 Å². The highest BCUT2D eigenvalue weighted by Gasteiger charge is 2.17. The third-order valence-corrected chi connectivity index (χ3v) is 9.04. The molecule has 0 aliphatic carbocycles. The molecule has 0 aromatic carbocycles. The van der Waals surface area contributed by atoms with Crippen molar-refractivity contribution in [2.45, 2.75) is 105 Å². The highest BCUT2D eigenvalue weighted by atomic mass is 32.2. The predicted octanol–water partition coefficient (Wildman–Crippen LogP) is 8.12. The summed E-state index contributed by atoms with van der Waals surface area (Å²) in [6.07, 6.45) is 13.6. The average molecular weight is 661 g/mol. The summed E-state index contributed by atoms with van der Waals surface area (Å²) < 4.78 is 20.4. The largest absolute Gasteiger partial charge is 0.458 e. The number of methoxy groups -OCH3 is 2. The van der Waals surface area contributed by atoms with E-state index in [9.17, 15) is 19.2 Å². The second kappa shape index (κ2) is 28.5. The fourth-order valence-corrected chi connectivity index (χ4v) is 6.05. The number of carbonyl (C=O) groups is 4. The highest BCUT2D eigenvalue weighted by Crippen LogP contribution is 2.28. The van der Waals surface area contributed by atoms with Crippen molar-refractivity contribution in [3.8, 4) is 0 Å². The Hall–Kier alpha value is -2.02. The van der Waals surface area contributed by atoms with Gasteiger partial charge in [-0.3, -0.25) is 9.59 Å². The van der Waals surface area contributed by atoms with E-state index in [0.29, 0.717) is 52.4 Å². The van der Waals surface area contributed by atoms with Gasteiger partial charge in [-0.25, -0.2) is 9.59 Å². The van der Waals surface area contributed by atoms with E-state index in [4.69, 9.17) is 18.9 Å². The zero-order chi connectivity index (χ0) is 33.0. The van der Waals surface area contributed by atoms with Crippen LogP contribution < -0.4 is 0 Å². The van der Waals surface area contributed by atoms with Crippen LogP contribution in [-0.2, 0) is 28.5 Å². The molecule has 0 bridgehead atoms. The van der Waals surface area contributed by atoms with Crippen molar-refractivity contribution in [1.82, 2.24) is 9.80 Å². The number of hydrogen-bond acceptors (Lipinski definition) is 10. The van der Waals surface area contributed by atoms with Crippen LogP contribution in [-0.4, -0.2) is 87.0 Å². The number of rotatable bonds is 27. The van der Waals surface area contributed by atoms with Crippen LogP contribution in [0.2, 0.25) is 0 Å². The first-order valence-electron chi connectivity index (χ1n) is 15.8. The van der Waals surface area contributed by atoms with Crippen LogP contribution in [0.5, 0.6) is 0 Å². The number of amides is 2. The molecule has 0 aromatic heterocycles. The summed E-state index contributed by atoms with van der Waals surface area (Å²) in [5.41, 5.74) is 1.55. The molecular weight excluding hydrogens is 604 g/mol. The Morgan fingerprint density at radius 1 is 0.591 bits per heavy atom. The van der Waals surface area contributed by atoms with Gasteiger partial charge >= 0.3 is 10.6 Å². The Bertz CT molecular complexity index is 812. The van der Waals surface area contributed by atoms with Gasteiger partial charge in [0.1, 0.15) is 0 Å². The third-order valence-electron chi connectivity index (χ3n) is 6.98. The second-order valence-electron chi connectivity index (χ2n) is 10.2. The van der Waals surface area contributed by atoms with Gasteiger partial charge in [-0.1, -0.05) is 51.4 Å². The maximum absolute atomic E-state index is 12.0. The molecule has 254 valence electrons. The van der Waals surface area contributed by atoms with Crippen molar-refractivity contribution < 1.29 is 38.1 Å². The Labute approximate surface area is 274 Å². The van der Waals surface area contributed by atoms with Crippen molar-refractivity contribution in [3.63, 3.8) is 0 Å². The van der Waals surface area contributed by atoms with Gasteiger partial charge in [0.15, 0.2) is 0 Å². The molecule has 0 saturated heterocycles. The number of allylic oxidation sites excluding steroid dienone is 2. The van der Waals surface area contributed by atoms with E-state index in [1.807, 2.05) is 13.8 Å². The molecule has 0 aliphatic rings. The van der Waals surface area contributed by atoms with Gasteiger partial charge in [0.2, 0.25) is 12.8 Å². The van der Waals surface area contributed by atoms with E-state index in [1.165, 1.54) is 25.7 Å². The molecule has 0 aromatic rings. The maximum Gasteiger partial charge on any atom is 0.371 e. The lowest BCUT2D eigenvalue weighted by Crippen LogP contribution is -2.22. The molecular formula is C32H56N2O8S2. The number of thioether (sulfide) groups is 2. The molecule has 0 saturated carbocycles. The molecule has 0 radical (unpaired) electrons. The fraction of sp³-hybridized carbons (Fsp3) is 0.750. The fourth-order valence-electron chi connectivity index (χ4n) is 4.39. The first-order chi connectivity index (χ1) is 21.3. The van der Waals surface area contributed by atoms with E-state index < -0.39 is 0 Å². The Morgan fingerprint density at radius 3 is 1.18 bits per heavy atom. The predicted molar refractivity (Wildman–Crippen MR) is 179 cm³/mol. The van der Waals surface area contributed by atoms with Crippen LogP contribution in [0.15, 0.2) is 21.2 Å². The van der Waals surface area contributed by atoms with Crippen molar-refractivity contribution in [3.05, 3.63) is 21.2 Å². The third kappa shape index (κ3) is 20.1. The van der Waals surface area contributed by atoms with Crippen molar-refractivity contribution in [2.24, 2.45) is 0 Å². The van der Waals surface area contributed by atoms with E-state index in [1.54, 1.807) is 37.9 Å². The molecule has 10 nitrogen and oxygen atoms in total. The highest BCUT2D eigenvalue weighted by molar-refractivity contribution is 8.16. The van der Waals surface area contributed by atoms with Crippen LogP contribution in [0.3, 0.4) is 0 Å². The van der Waals surface area contributed by atoms with Gasteiger partial charge in [0.25, 0.3) is 0 Å². The van der Waals surface area contributed by atoms with E-state index in [0.717, 1.165) is 96.1 Å². The normalized spacial score (nSPS) is 12.2. The summed E-state index contributed by atoms with van der Waals surface area (Å²) in [5.74, 6) is 0. The summed E-state index contributed by atoms with van der Waals surface area (Å²) in [5, 5.41) is -0.735. The zero-order valence-corrected chi connectivity index (χ0v) is 29.5. The first-order valence-corrected chi connectivity index (χ1v) is 17.4. The van der Waals surface area contributed by atoms with Crippen molar-refractivity contribution >= 4 is 46.9 Å². The number of unbranched alkanes of at least 4 members (excludes halogenated alkanes) is 9. The average Bonchev–Trinajstić information content (AvgIpc) is 3.01. The van der Waals surface area contributed by atoms with Crippen molar-refractivity contribution in [1.29, 1.82) is 0 Å². The van der Waals surface area contributed by atoms with Crippen LogP contribution in [0.1, 0.15) is 105 Å². The Kier molecular flexibility index (Phi) is 27.1. The van der Waals surface area contributed by atoms with E-state index in [-0.39, 0.29) is 10.6 Å². The standard InChI is InChI=1S/C32H56N2O8S2/c1-7-41-31(37)43-29(19-23-39-5)27(3)33(25-35)21-17-15-13-11-9-10-12-14-16-18-22-34(26-36)28(4)30(20-24-40-6)44-32(38)42-8-2/h25-26H,7-24H2,1-6H3/b29-27-,30-28-. The minimum absolute atomic E-state index is 0.314. The summed E-state index contributed by atoms with van der Waals surface area (Å²) >= 11 is 2.06. The monoisotopic (exact) mass is 660 g/mol. The lowest BCUT2D eigenvalue weighted by atomic mass is 10.1. The van der Waals surface area contributed by atoms with Gasteiger partial charge in [0.05, 0.1) is 26.4 Å². The van der Waals surface area contributed by atoms with Crippen LogP contribution in [0.25, 0.3) is 0 Å². The number of ether oxygens (including phenoxy) is 4. The molecule has 2 amide bonds. The molecule has 0 aliphatic heterocycles. The molecule has 0 unspecified atom stereocenters. The van der Waals surface area contributed by atoms with Gasteiger partial charge < -0.3 is 28.7 Å². The van der Waals surface area contributed by atoms with Crippen LogP contribution >= 0.6 is 23.5 Å². The van der Waals surface area contributed by atoms with Gasteiger partial charge in [-0.15, -0.1) is 0 Å². The summed E-state index contributed by atoms with van der Waals surface area (Å²) in [4.78, 5) is 52.4. The minimum atomic E-state index is -0.367. The molecule has 0 fully saturated rings. The quantitative estimate of drug-likeness (QED) is 0.0486. The van der Waals surface area contributed by atoms with Gasteiger partial charge in [-0.2, -0.15) is 0 Å². The maximum atomic E-state index is 12.0. The summed E-state index contributed by atoms with van der Waals surface area (Å²) in [6.45, 7) is 10.1. The second-order valence-corrected chi connectivity index (χ2v) is 12.3. The smallest absolute Gasteiger partial charge is 0.371 e. The van der Waals surface area contributed by atoms with Gasteiger partial charge in [0, 0.05) is 61.4 Å². The van der Waals surface area contributed by atoms with Gasteiger partial charge in [-0.05, 0) is 64.1 Å². The molecule has 0 heterocycles. The molecule has 12 heteroatoms. The zero-order valence-electron chi connectivity index (χ0n) is 27.9. The topological polar surface area (TPSA) is 112 Å². The summed E-state index contributed by atoms with van der Waals surface area (Å²) in [6, 6.07) is 0. The minimum Gasteiger partial charge on any atom is -0.458 e.